The molecular formula is C23H13Cl5FN3O4. The van der Waals surface area contributed by atoms with Crippen LogP contribution in [0, 0.1) is 21.8 Å². The number of carbonyl (C=O) groups is 2. The van der Waals surface area contributed by atoms with Crippen LogP contribution in [0.25, 0.3) is 0 Å². The molecule has 0 aromatic heterocycles. The van der Waals surface area contributed by atoms with Crippen molar-refractivity contribution in [3.05, 3.63) is 96.7 Å². The topological polar surface area (TPSA) is 101 Å². The van der Waals surface area contributed by atoms with E-state index in [1.807, 2.05) is 0 Å². The lowest BCUT2D eigenvalue weighted by molar-refractivity contribution is -0.384. The van der Waals surface area contributed by atoms with Gasteiger partial charge in [0.2, 0.25) is 5.91 Å². The van der Waals surface area contributed by atoms with Crippen molar-refractivity contribution in [1.82, 2.24) is 0 Å². The lowest BCUT2D eigenvalue weighted by atomic mass is 10.1. The van der Waals surface area contributed by atoms with Gasteiger partial charge in [0.25, 0.3) is 11.6 Å². The highest BCUT2D eigenvalue weighted by atomic mass is 35.5. The summed E-state index contributed by atoms with van der Waals surface area (Å²) in [7, 11) is 0. The summed E-state index contributed by atoms with van der Waals surface area (Å²) in [5, 5.41) is 16.8. The Balaban J connectivity index is 1.53. The minimum atomic E-state index is -1.39. The molecule has 0 heterocycles. The molecule has 0 spiro atoms. The van der Waals surface area contributed by atoms with Crippen LogP contribution in [0.5, 0.6) is 0 Å². The fraction of sp³-hybridized carbons (Fsp3) is 0.130. The molecule has 2 unspecified atom stereocenters. The quantitative estimate of drug-likeness (QED) is 0.176. The molecule has 0 radical (unpaired) electrons. The highest BCUT2D eigenvalue weighted by molar-refractivity contribution is 6.53. The van der Waals surface area contributed by atoms with Gasteiger partial charge in [-0.2, -0.15) is 0 Å². The van der Waals surface area contributed by atoms with Crippen LogP contribution in [-0.2, 0) is 4.79 Å². The molecule has 3 aromatic carbocycles. The summed E-state index contributed by atoms with van der Waals surface area (Å²) in [5.41, 5.74) is -0.119. The summed E-state index contributed by atoms with van der Waals surface area (Å²) in [6.45, 7) is 0. The first-order chi connectivity index (χ1) is 16.9. The van der Waals surface area contributed by atoms with Crippen LogP contribution in [-0.4, -0.2) is 21.1 Å². The third kappa shape index (κ3) is 5.23. The fourth-order valence-electron chi connectivity index (χ4n) is 3.72. The molecule has 2 N–H and O–H groups in total. The number of nitro benzene ring substituents is 1. The number of hydrogen-bond acceptors (Lipinski definition) is 4. The van der Waals surface area contributed by atoms with Gasteiger partial charge in [-0.05, 0) is 48.0 Å². The number of benzene rings is 3. The molecular weight excluding hydrogens is 579 g/mol. The first-order valence-corrected chi connectivity index (χ1v) is 12.0. The smallest absolute Gasteiger partial charge is 0.295 e. The number of nitrogens with zero attached hydrogens (tertiary/aromatic N) is 1. The monoisotopic (exact) mass is 589 g/mol. The summed E-state index contributed by atoms with van der Waals surface area (Å²) >= 11 is 30.9. The van der Waals surface area contributed by atoms with Crippen molar-refractivity contribution < 1.29 is 18.9 Å². The average Bonchev–Trinajstić information content (AvgIpc) is 3.39. The number of hydrogen-bond donors (Lipinski definition) is 2. The second kappa shape index (κ2) is 10.0. The van der Waals surface area contributed by atoms with Crippen LogP contribution in [0.15, 0.2) is 54.6 Å². The van der Waals surface area contributed by atoms with Crippen LogP contribution in [0.1, 0.15) is 21.8 Å². The number of anilines is 2. The predicted molar refractivity (Wildman–Crippen MR) is 138 cm³/mol. The van der Waals surface area contributed by atoms with Crippen molar-refractivity contribution in [2.24, 2.45) is 5.92 Å². The van der Waals surface area contributed by atoms with E-state index in [-0.39, 0.29) is 22.0 Å². The van der Waals surface area contributed by atoms with E-state index in [1.165, 1.54) is 18.2 Å². The molecule has 1 saturated carbocycles. The molecule has 4 rings (SSSR count). The van der Waals surface area contributed by atoms with E-state index in [4.69, 9.17) is 58.0 Å². The fourth-order valence-corrected chi connectivity index (χ4v) is 5.06. The molecule has 186 valence electrons. The van der Waals surface area contributed by atoms with E-state index >= 15 is 0 Å². The van der Waals surface area contributed by atoms with E-state index < -0.39 is 44.4 Å². The van der Waals surface area contributed by atoms with Crippen molar-refractivity contribution in [2.45, 2.75) is 10.3 Å². The predicted octanol–water partition coefficient (Wildman–Crippen LogP) is 7.47. The number of rotatable bonds is 6. The number of amides is 2. The lowest BCUT2D eigenvalue weighted by Crippen LogP contribution is -2.18. The third-order valence-corrected chi connectivity index (χ3v) is 7.53. The minimum Gasteiger partial charge on any atom is -0.326 e. The van der Waals surface area contributed by atoms with Crippen molar-refractivity contribution in [3.63, 3.8) is 0 Å². The van der Waals surface area contributed by atoms with Gasteiger partial charge in [0.15, 0.2) is 0 Å². The zero-order valence-corrected chi connectivity index (χ0v) is 21.5. The van der Waals surface area contributed by atoms with Crippen molar-refractivity contribution in [1.29, 1.82) is 0 Å². The second-order valence-corrected chi connectivity index (χ2v) is 10.5. The highest BCUT2D eigenvalue weighted by Crippen LogP contribution is 2.65. The standard InChI is InChI=1S/C23H13Cl5FN3O4/c24-14-5-3-12(9-13(14)21(33)31-17-6-2-11(29)8-18(17)32(35)36)30-22(34)20-19(23(20,27)28)10-1-4-15(25)16(26)7-10/h1-9,19-20H,(H,30,34)(H,31,33). The Morgan fingerprint density at radius 3 is 2.28 bits per heavy atom. The van der Waals surface area contributed by atoms with Gasteiger partial charge in [0, 0.05) is 11.6 Å². The molecule has 36 heavy (non-hydrogen) atoms. The van der Waals surface area contributed by atoms with Crippen LogP contribution in [0.4, 0.5) is 21.5 Å². The Kier molecular flexibility index (Phi) is 7.37. The minimum absolute atomic E-state index is 0.0133. The number of carbonyl (C=O) groups excluding carboxylic acids is 2. The van der Waals surface area contributed by atoms with Gasteiger partial charge < -0.3 is 10.6 Å². The summed E-state index contributed by atoms with van der Waals surface area (Å²) < 4.78 is 12.0. The number of nitro groups is 1. The molecule has 7 nitrogen and oxygen atoms in total. The molecule has 0 saturated heterocycles. The van der Waals surface area contributed by atoms with Gasteiger partial charge in [-0.25, -0.2) is 4.39 Å². The molecule has 2 atom stereocenters. The Morgan fingerprint density at radius 2 is 1.61 bits per heavy atom. The average molecular weight is 592 g/mol. The van der Waals surface area contributed by atoms with Crippen LogP contribution in [0.3, 0.4) is 0 Å². The number of halogens is 6. The van der Waals surface area contributed by atoms with E-state index in [0.29, 0.717) is 21.7 Å². The van der Waals surface area contributed by atoms with E-state index in [2.05, 4.69) is 10.6 Å². The van der Waals surface area contributed by atoms with Gasteiger partial charge in [-0.3, -0.25) is 19.7 Å². The Hall–Kier alpha value is -2.62. The summed E-state index contributed by atoms with van der Waals surface area (Å²) in [6, 6.07) is 11.6. The SMILES string of the molecule is O=C(Nc1ccc(F)cc1[N+](=O)[O-])c1cc(NC(=O)C2C(c3ccc(Cl)c(Cl)c3)C2(Cl)Cl)ccc1Cl. The molecule has 1 fully saturated rings. The van der Waals surface area contributed by atoms with Crippen LogP contribution < -0.4 is 10.6 Å². The third-order valence-electron chi connectivity index (χ3n) is 5.52. The molecule has 2 amide bonds. The Labute approximate surface area is 228 Å². The summed E-state index contributed by atoms with van der Waals surface area (Å²) in [6.07, 6.45) is 0. The van der Waals surface area contributed by atoms with Gasteiger partial charge in [-0.1, -0.05) is 40.9 Å². The van der Waals surface area contributed by atoms with Crippen molar-refractivity contribution in [2.75, 3.05) is 10.6 Å². The van der Waals surface area contributed by atoms with E-state index in [0.717, 1.165) is 12.1 Å². The van der Waals surface area contributed by atoms with Crippen molar-refractivity contribution in [3.8, 4) is 0 Å². The first kappa shape index (κ1) is 26.4. The lowest BCUT2D eigenvalue weighted by Gasteiger charge is -2.11. The molecule has 0 bridgehead atoms. The maximum Gasteiger partial charge on any atom is 0.295 e. The maximum atomic E-state index is 13.4. The molecule has 3 aromatic rings. The normalized spacial score (nSPS) is 17.8. The largest absolute Gasteiger partial charge is 0.326 e. The highest BCUT2D eigenvalue weighted by Gasteiger charge is 2.67. The Morgan fingerprint density at radius 1 is 0.917 bits per heavy atom. The van der Waals surface area contributed by atoms with Gasteiger partial charge in [0.1, 0.15) is 15.8 Å². The molecule has 13 heteroatoms. The second-order valence-electron chi connectivity index (χ2n) is 7.86. The molecule has 1 aliphatic rings. The van der Waals surface area contributed by atoms with E-state index in [1.54, 1.807) is 18.2 Å². The van der Waals surface area contributed by atoms with Crippen molar-refractivity contribution >= 4 is 86.9 Å². The van der Waals surface area contributed by atoms with Gasteiger partial charge in [-0.15, -0.1) is 23.2 Å². The van der Waals surface area contributed by atoms with Crippen LogP contribution >= 0.6 is 58.0 Å². The van der Waals surface area contributed by atoms with E-state index in [9.17, 15) is 24.1 Å². The summed E-state index contributed by atoms with van der Waals surface area (Å²) in [4.78, 5) is 36.1. The maximum absolute atomic E-state index is 13.4. The molecule has 0 aliphatic heterocycles. The zero-order valence-electron chi connectivity index (χ0n) is 17.7. The zero-order chi connectivity index (χ0) is 26.4. The van der Waals surface area contributed by atoms with Gasteiger partial charge in [0.05, 0.1) is 37.5 Å². The van der Waals surface area contributed by atoms with Gasteiger partial charge >= 0.3 is 0 Å². The molecule has 1 aliphatic carbocycles. The Bertz CT molecular complexity index is 1420. The first-order valence-electron chi connectivity index (χ1n) is 10.1. The number of alkyl halides is 2. The number of nitrogens with one attached hydrogen (secondary N) is 2. The van der Waals surface area contributed by atoms with Crippen LogP contribution in [0.2, 0.25) is 15.1 Å². The summed E-state index contributed by atoms with van der Waals surface area (Å²) in [5.74, 6) is -3.54.